The van der Waals surface area contributed by atoms with Gasteiger partial charge in [-0.15, -0.1) is 11.8 Å². The van der Waals surface area contributed by atoms with Crippen LogP contribution in [0.2, 0.25) is 5.22 Å². The van der Waals surface area contributed by atoms with Gasteiger partial charge in [0.25, 0.3) is 5.91 Å². The van der Waals surface area contributed by atoms with Gasteiger partial charge in [-0.05, 0) is 72.0 Å². The van der Waals surface area contributed by atoms with Gasteiger partial charge in [0.05, 0.1) is 12.4 Å². The molecule has 0 saturated heterocycles. The van der Waals surface area contributed by atoms with E-state index < -0.39 is 0 Å². The van der Waals surface area contributed by atoms with Crippen molar-refractivity contribution in [2.24, 2.45) is 0 Å². The van der Waals surface area contributed by atoms with Crippen LogP contribution in [0.4, 0.5) is 16.2 Å². The van der Waals surface area contributed by atoms with Gasteiger partial charge in [-0.2, -0.15) is 0 Å². The van der Waals surface area contributed by atoms with E-state index in [0.717, 1.165) is 16.2 Å². The van der Waals surface area contributed by atoms with Crippen LogP contribution in [0.15, 0.2) is 76.4 Å². The molecule has 3 N–H and O–H groups in total. The van der Waals surface area contributed by atoms with E-state index in [-0.39, 0.29) is 23.2 Å². The fourth-order valence-electron chi connectivity index (χ4n) is 4.30. The van der Waals surface area contributed by atoms with E-state index in [1.165, 1.54) is 0 Å². The number of amides is 3. The van der Waals surface area contributed by atoms with Crippen LogP contribution in [0.3, 0.4) is 0 Å². The number of hydrogen-bond donors (Lipinski definition) is 3. The Morgan fingerprint density at radius 2 is 1.94 bits per heavy atom. The van der Waals surface area contributed by atoms with Crippen molar-refractivity contribution in [3.8, 4) is 0 Å². The number of carbonyl (C=O) groups excluding carboxylic acids is 2. The van der Waals surface area contributed by atoms with E-state index in [2.05, 4.69) is 20.6 Å². The monoisotopic (exact) mass is 521 g/mol. The number of fused-ring (bicyclic) bond motifs is 1. The van der Waals surface area contributed by atoms with Gasteiger partial charge in [0.15, 0.2) is 5.22 Å². The molecule has 0 radical (unpaired) electrons. The standard InChI is InChI=1S/C26H24ClN5O3S/c1-36-20-6-4-17(5-7-20)30-26(34)31-18-3-2-16-12-22(23-8-9-24(27)35-23)32(25(33)21(16)13-18)11-10-19-14-28-15-29-19/h2-9,13-15,22H,10-12H2,1H3,(H,28,29)(H2,30,31,34). The van der Waals surface area contributed by atoms with Gasteiger partial charge in [0, 0.05) is 53.1 Å². The van der Waals surface area contributed by atoms with Gasteiger partial charge in [0.1, 0.15) is 5.76 Å². The minimum Gasteiger partial charge on any atom is -0.447 e. The van der Waals surface area contributed by atoms with Crippen molar-refractivity contribution in [3.05, 3.63) is 94.9 Å². The van der Waals surface area contributed by atoms with Crippen molar-refractivity contribution in [2.75, 3.05) is 23.4 Å². The first-order chi connectivity index (χ1) is 17.5. The molecule has 1 aliphatic rings. The van der Waals surface area contributed by atoms with Crippen molar-refractivity contribution in [3.63, 3.8) is 0 Å². The van der Waals surface area contributed by atoms with Crippen LogP contribution in [0, 0.1) is 0 Å². The number of imidazole rings is 1. The second-order valence-corrected chi connectivity index (χ2v) is 9.62. The smallest absolute Gasteiger partial charge is 0.323 e. The van der Waals surface area contributed by atoms with Gasteiger partial charge in [-0.25, -0.2) is 9.78 Å². The lowest BCUT2D eigenvalue weighted by molar-refractivity contribution is 0.0625. The number of aromatic amines is 1. The number of furan rings is 1. The first-order valence-electron chi connectivity index (χ1n) is 11.4. The molecule has 0 fully saturated rings. The predicted octanol–water partition coefficient (Wildman–Crippen LogP) is 6.00. The molecule has 8 nitrogen and oxygen atoms in total. The second kappa shape index (κ2) is 10.5. The molecule has 3 amide bonds. The largest absolute Gasteiger partial charge is 0.447 e. The van der Waals surface area contributed by atoms with Crippen molar-refractivity contribution in [1.82, 2.24) is 14.9 Å². The highest BCUT2D eigenvalue weighted by Gasteiger charge is 2.35. The Morgan fingerprint density at radius 1 is 1.17 bits per heavy atom. The summed E-state index contributed by atoms with van der Waals surface area (Å²) in [7, 11) is 0. The number of anilines is 2. The highest BCUT2D eigenvalue weighted by Crippen LogP contribution is 2.36. The summed E-state index contributed by atoms with van der Waals surface area (Å²) in [6, 6.07) is 15.8. The van der Waals surface area contributed by atoms with Crippen LogP contribution in [-0.4, -0.2) is 39.6 Å². The molecule has 4 aromatic rings. The Bertz CT molecular complexity index is 1370. The van der Waals surface area contributed by atoms with Crippen LogP contribution in [0.25, 0.3) is 0 Å². The number of halogens is 1. The molecular formula is C26H24ClN5O3S. The molecular weight excluding hydrogens is 498 g/mol. The van der Waals surface area contributed by atoms with Crippen molar-refractivity contribution >= 4 is 46.7 Å². The summed E-state index contributed by atoms with van der Waals surface area (Å²) in [5, 5.41) is 5.93. The summed E-state index contributed by atoms with van der Waals surface area (Å²) in [6.07, 6.45) is 6.55. The normalized spacial score (nSPS) is 15.0. The Labute approximate surface area is 217 Å². The first-order valence-corrected chi connectivity index (χ1v) is 13.0. The lowest BCUT2D eigenvalue weighted by Gasteiger charge is -2.35. The average molecular weight is 522 g/mol. The van der Waals surface area contributed by atoms with Crippen LogP contribution in [0.5, 0.6) is 0 Å². The zero-order valence-corrected chi connectivity index (χ0v) is 21.0. The van der Waals surface area contributed by atoms with Gasteiger partial charge < -0.3 is 24.9 Å². The molecule has 1 unspecified atom stereocenters. The molecule has 0 saturated carbocycles. The van der Waals surface area contributed by atoms with E-state index in [0.29, 0.717) is 42.1 Å². The summed E-state index contributed by atoms with van der Waals surface area (Å²) in [6.45, 7) is 0.466. The van der Waals surface area contributed by atoms with Crippen LogP contribution in [0.1, 0.15) is 33.4 Å². The topological polar surface area (TPSA) is 103 Å². The maximum Gasteiger partial charge on any atom is 0.323 e. The van der Waals surface area contributed by atoms with Gasteiger partial charge in [-0.1, -0.05) is 6.07 Å². The number of hydrogen-bond acceptors (Lipinski definition) is 5. The van der Waals surface area contributed by atoms with Crippen molar-refractivity contribution in [1.29, 1.82) is 0 Å². The Kier molecular flexibility index (Phi) is 7.02. The summed E-state index contributed by atoms with van der Waals surface area (Å²) in [5.74, 6) is 0.502. The zero-order valence-electron chi connectivity index (χ0n) is 19.5. The third-order valence-electron chi connectivity index (χ3n) is 6.10. The van der Waals surface area contributed by atoms with E-state index in [1.54, 1.807) is 53.5 Å². The molecule has 0 aliphatic carbocycles. The molecule has 10 heteroatoms. The van der Waals surface area contributed by atoms with Gasteiger partial charge >= 0.3 is 6.03 Å². The zero-order chi connectivity index (χ0) is 25.1. The van der Waals surface area contributed by atoms with E-state index in [1.807, 2.05) is 36.6 Å². The SMILES string of the molecule is CSc1ccc(NC(=O)Nc2ccc3c(c2)C(=O)N(CCc2cnc[nH]2)C(c2ccc(Cl)o2)C3)cc1. The van der Waals surface area contributed by atoms with Crippen LogP contribution < -0.4 is 10.6 Å². The Balaban J connectivity index is 1.35. The lowest BCUT2D eigenvalue weighted by atomic mass is 9.91. The third-order valence-corrected chi connectivity index (χ3v) is 7.04. The van der Waals surface area contributed by atoms with E-state index >= 15 is 0 Å². The van der Waals surface area contributed by atoms with Gasteiger partial charge in [-0.3, -0.25) is 4.79 Å². The van der Waals surface area contributed by atoms with Crippen LogP contribution >= 0.6 is 23.4 Å². The Morgan fingerprint density at radius 3 is 2.64 bits per heavy atom. The first kappa shape index (κ1) is 24.0. The molecule has 2 aromatic carbocycles. The number of carbonyl (C=O) groups is 2. The maximum absolute atomic E-state index is 13.7. The second-order valence-electron chi connectivity index (χ2n) is 8.37. The minimum atomic E-state index is -0.380. The molecule has 36 heavy (non-hydrogen) atoms. The van der Waals surface area contributed by atoms with Crippen molar-refractivity contribution < 1.29 is 14.0 Å². The highest BCUT2D eigenvalue weighted by atomic mass is 35.5. The molecule has 0 spiro atoms. The summed E-state index contributed by atoms with van der Waals surface area (Å²) >= 11 is 7.67. The lowest BCUT2D eigenvalue weighted by Crippen LogP contribution is -2.41. The molecule has 3 heterocycles. The summed E-state index contributed by atoms with van der Waals surface area (Å²) < 4.78 is 5.69. The number of H-pyrrole nitrogens is 1. The molecule has 0 bridgehead atoms. The quantitative estimate of drug-likeness (QED) is 0.259. The number of benzene rings is 2. The maximum atomic E-state index is 13.7. The number of rotatable bonds is 7. The molecule has 5 rings (SSSR count). The molecule has 1 aliphatic heterocycles. The molecule has 2 aromatic heterocycles. The summed E-state index contributed by atoms with van der Waals surface area (Å²) in [4.78, 5) is 36.3. The minimum absolute atomic E-state index is 0.134. The Hall–Kier alpha value is -3.69. The number of thioether (sulfide) groups is 1. The summed E-state index contributed by atoms with van der Waals surface area (Å²) in [5.41, 5.74) is 3.59. The highest BCUT2D eigenvalue weighted by molar-refractivity contribution is 7.98. The number of aromatic nitrogens is 2. The number of nitrogens with one attached hydrogen (secondary N) is 3. The average Bonchev–Trinajstić information content (AvgIpc) is 3.56. The fraction of sp³-hybridized carbons (Fsp3) is 0.192. The number of nitrogens with zero attached hydrogens (tertiary/aromatic N) is 2. The van der Waals surface area contributed by atoms with Crippen molar-refractivity contribution in [2.45, 2.75) is 23.8 Å². The van der Waals surface area contributed by atoms with Crippen LogP contribution in [-0.2, 0) is 12.8 Å². The predicted molar refractivity (Wildman–Crippen MR) is 141 cm³/mol. The van der Waals surface area contributed by atoms with Gasteiger partial charge in [0.2, 0.25) is 0 Å². The fourth-order valence-corrected chi connectivity index (χ4v) is 4.86. The third kappa shape index (κ3) is 5.27. The molecule has 1 atom stereocenters. The van der Waals surface area contributed by atoms with E-state index in [4.69, 9.17) is 16.0 Å². The number of urea groups is 1. The van der Waals surface area contributed by atoms with E-state index in [9.17, 15) is 9.59 Å². The molecule has 184 valence electrons.